The molecule has 0 aliphatic carbocycles. The number of nitrogens with two attached hydrogens (primary N) is 1. The largest absolute Gasteiger partial charge is 0.416 e. The van der Waals surface area contributed by atoms with Crippen LogP contribution in [0.4, 0.5) is 17.6 Å². The van der Waals surface area contributed by atoms with Crippen LogP contribution in [-0.2, 0) is 6.18 Å². The number of alkyl halides is 3. The van der Waals surface area contributed by atoms with Crippen LogP contribution in [0, 0.1) is 5.82 Å². The molecule has 16 heavy (non-hydrogen) atoms. The molecule has 0 aliphatic heterocycles. The third kappa shape index (κ3) is 3.06. The number of rotatable bonds is 3. The first-order valence-corrected chi connectivity index (χ1v) is 4.58. The summed E-state index contributed by atoms with van der Waals surface area (Å²) in [5.74, 6) is -0.940. The Bertz CT molecular complexity index is 384. The van der Waals surface area contributed by atoms with E-state index in [1.165, 1.54) is 6.08 Å². The Balaban J connectivity index is 3.12. The van der Waals surface area contributed by atoms with Crippen molar-refractivity contribution in [3.8, 4) is 0 Å². The summed E-state index contributed by atoms with van der Waals surface area (Å²) in [6.07, 6.45) is -2.80. The number of benzene rings is 1. The van der Waals surface area contributed by atoms with Crippen LogP contribution in [0.2, 0.25) is 0 Å². The van der Waals surface area contributed by atoms with Crippen molar-refractivity contribution >= 4 is 0 Å². The van der Waals surface area contributed by atoms with E-state index < -0.39 is 23.6 Å². The lowest BCUT2D eigenvalue weighted by Gasteiger charge is -2.13. The van der Waals surface area contributed by atoms with Gasteiger partial charge in [-0.05, 0) is 30.2 Å². The predicted molar refractivity (Wildman–Crippen MR) is 53.1 cm³/mol. The molecule has 0 bridgehead atoms. The molecule has 5 heteroatoms. The first-order valence-electron chi connectivity index (χ1n) is 4.58. The number of halogens is 4. The molecule has 0 saturated carbocycles. The van der Waals surface area contributed by atoms with Crippen LogP contribution < -0.4 is 5.73 Å². The highest BCUT2D eigenvalue weighted by molar-refractivity contribution is 5.29. The van der Waals surface area contributed by atoms with Crippen LogP contribution >= 0.6 is 0 Å². The standard InChI is InChI=1S/C11H11F4N/c1-2-3-10(16)7-4-8(11(13,14)15)6-9(12)5-7/h2,4-6,10H,1,3,16H2/t10-/m1/s1. The second kappa shape index (κ2) is 4.65. The molecular weight excluding hydrogens is 222 g/mol. The topological polar surface area (TPSA) is 26.0 Å². The van der Waals surface area contributed by atoms with Crippen molar-refractivity contribution in [2.45, 2.75) is 18.6 Å². The number of hydrogen-bond donors (Lipinski definition) is 1. The van der Waals surface area contributed by atoms with Crippen molar-refractivity contribution in [2.75, 3.05) is 0 Å². The molecule has 1 aromatic carbocycles. The highest BCUT2D eigenvalue weighted by atomic mass is 19.4. The summed E-state index contributed by atoms with van der Waals surface area (Å²) in [6, 6.07) is 1.64. The van der Waals surface area contributed by atoms with Gasteiger partial charge >= 0.3 is 6.18 Å². The van der Waals surface area contributed by atoms with Gasteiger partial charge in [0.25, 0.3) is 0 Å². The molecule has 0 aliphatic rings. The Morgan fingerprint density at radius 2 is 1.94 bits per heavy atom. The fourth-order valence-electron chi connectivity index (χ4n) is 1.31. The monoisotopic (exact) mass is 233 g/mol. The van der Waals surface area contributed by atoms with E-state index in [0.29, 0.717) is 12.5 Å². The summed E-state index contributed by atoms with van der Waals surface area (Å²) in [5, 5.41) is 0. The van der Waals surface area contributed by atoms with Gasteiger partial charge in [0.2, 0.25) is 0 Å². The highest BCUT2D eigenvalue weighted by Gasteiger charge is 2.31. The minimum atomic E-state index is -4.56. The Kier molecular flexibility index (Phi) is 3.70. The maximum absolute atomic E-state index is 13.0. The fourth-order valence-corrected chi connectivity index (χ4v) is 1.31. The van der Waals surface area contributed by atoms with Crippen LogP contribution in [0.3, 0.4) is 0 Å². The normalized spacial score (nSPS) is 13.6. The van der Waals surface area contributed by atoms with Gasteiger partial charge < -0.3 is 5.73 Å². The van der Waals surface area contributed by atoms with Crippen molar-refractivity contribution in [2.24, 2.45) is 5.73 Å². The third-order valence-electron chi connectivity index (χ3n) is 2.10. The smallest absolute Gasteiger partial charge is 0.324 e. The van der Waals surface area contributed by atoms with Gasteiger partial charge in [-0.15, -0.1) is 6.58 Å². The molecule has 0 unspecified atom stereocenters. The van der Waals surface area contributed by atoms with Crippen molar-refractivity contribution in [1.29, 1.82) is 0 Å². The van der Waals surface area contributed by atoms with E-state index in [1.807, 2.05) is 0 Å². The van der Waals surface area contributed by atoms with Gasteiger partial charge in [-0.25, -0.2) is 4.39 Å². The Morgan fingerprint density at radius 1 is 1.31 bits per heavy atom. The lowest BCUT2D eigenvalue weighted by atomic mass is 10.0. The molecule has 0 aromatic heterocycles. The molecule has 0 spiro atoms. The van der Waals surface area contributed by atoms with Gasteiger partial charge in [-0.2, -0.15) is 13.2 Å². The molecule has 1 rings (SSSR count). The molecule has 0 saturated heterocycles. The number of hydrogen-bond acceptors (Lipinski definition) is 1. The van der Waals surface area contributed by atoms with E-state index in [2.05, 4.69) is 6.58 Å². The van der Waals surface area contributed by atoms with Gasteiger partial charge in [0.15, 0.2) is 0 Å². The van der Waals surface area contributed by atoms with E-state index >= 15 is 0 Å². The zero-order valence-corrected chi connectivity index (χ0v) is 8.39. The lowest BCUT2D eigenvalue weighted by Crippen LogP contribution is -2.12. The minimum Gasteiger partial charge on any atom is -0.324 e. The van der Waals surface area contributed by atoms with Crippen LogP contribution in [0.5, 0.6) is 0 Å². The Hall–Kier alpha value is -1.36. The average Bonchev–Trinajstić information content (AvgIpc) is 2.16. The minimum absolute atomic E-state index is 0.118. The summed E-state index contributed by atoms with van der Waals surface area (Å²) in [6.45, 7) is 3.42. The Morgan fingerprint density at radius 3 is 2.44 bits per heavy atom. The third-order valence-corrected chi connectivity index (χ3v) is 2.10. The molecule has 1 nitrogen and oxygen atoms in total. The highest BCUT2D eigenvalue weighted by Crippen LogP contribution is 2.31. The summed E-state index contributed by atoms with van der Waals surface area (Å²) >= 11 is 0. The van der Waals surface area contributed by atoms with Gasteiger partial charge in [-0.1, -0.05) is 6.08 Å². The van der Waals surface area contributed by atoms with Crippen LogP contribution in [0.15, 0.2) is 30.9 Å². The molecule has 0 heterocycles. The second-order valence-electron chi connectivity index (χ2n) is 3.40. The van der Waals surface area contributed by atoms with Crippen molar-refractivity contribution in [3.05, 3.63) is 47.8 Å². The zero-order chi connectivity index (χ0) is 12.3. The molecule has 1 aromatic rings. The molecule has 0 amide bonds. The van der Waals surface area contributed by atoms with Crippen LogP contribution in [0.25, 0.3) is 0 Å². The summed E-state index contributed by atoms with van der Waals surface area (Å²) in [7, 11) is 0. The van der Waals surface area contributed by atoms with E-state index in [4.69, 9.17) is 5.73 Å². The van der Waals surface area contributed by atoms with E-state index in [-0.39, 0.29) is 5.56 Å². The van der Waals surface area contributed by atoms with E-state index in [0.717, 1.165) is 12.1 Å². The summed E-state index contributed by atoms with van der Waals surface area (Å²) in [4.78, 5) is 0. The van der Waals surface area contributed by atoms with Crippen molar-refractivity contribution < 1.29 is 17.6 Å². The molecule has 0 fully saturated rings. The van der Waals surface area contributed by atoms with Crippen molar-refractivity contribution in [1.82, 2.24) is 0 Å². The molecular formula is C11H11F4N. The van der Waals surface area contributed by atoms with Gasteiger partial charge in [0, 0.05) is 6.04 Å². The van der Waals surface area contributed by atoms with E-state index in [1.54, 1.807) is 0 Å². The first-order chi connectivity index (χ1) is 7.34. The predicted octanol–water partition coefficient (Wildman–Crippen LogP) is 3.42. The summed E-state index contributed by atoms with van der Waals surface area (Å²) in [5.41, 5.74) is 4.67. The second-order valence-corrected chi connectivity index (χ2v) is 3.40. The molecule has 88 valence electrons. The maximum Gasteiger partial charge on any atom is 0.416 e. The maximum atomic E-state index is 13.0. The van der Waals surface area contributed by atoms with Crippen LogP contribution in [0.1, 0.15) is 23.6 Å². The van der Waals surface area contributed by atoms with Gasteiger partial charge in [0.1, 0.15) is 5.82 Å². The van der Waals surface area contributed by atoms with E-state index in [9.17, 15) is 17.6 Å². The lowest BCUT2D eigenvalue weighted by molar-refractivity contribution is -0.137. The van der Waals surface area contributed by atoms with Crippen molar-refractivity contribution in [3.63, 3.8) is 0 Å². The summed E-state index contributed by atoms with van der Waals surface area (Å²) < 4.78 is 50.1. The first kappa shape index (κ1) is 12.7. The molecule has 1 atom stereocenters. The fraction of sp³-hybridized carbons (Fsp3) is 0.273. The quantitative estimate of drug-likeness (QED) is 0.628. The average molecular weight is 233 g/mol. The van der Waals surface area contributed by atoms with Crippen LogP contribution in [-0.4, -0.2) is 0 Å². The molecule has 2 N–H and O–H groups in total. The Labute approximate surface area is 90.6 Å². The molecule has 0 radical (unpaired) electrons. The zero-order valence-electron chi connectivity index (χ0n) is 8.39. The van der Waals surface area contributed by atoms with Gasteiger partial charge in [0.05, 0.1) is 5.56 Å². The van der Waals surface area contributed by atoms with Gasteiger partial charge in [-0.3, -0.25) is 0 Å². The SMILES string of the molecule is C=CC[C@@H](N)c1cc(F)cc(C(F)(F)F)c1.